The van der Waals surface area contributed by atoms with Crippen molar-refractivity contribution in [3.8, 4) is 0 Å². The zero-order chi connectivity index (χ0) is 13.5. The molecule has 1 aromatic rings. The minimum atomic E-state index is -0.559. The van der Waals surface area contributed by atoms with Crippen molar-refractivity contribution in [1.29, 1.82) is 0 Å². The Labute approximate surface area is 121 Å². The number of methoxy groups -OCH3 is 1. The van der Waals surface area contributed by atoms with E-state index in [0.29, 0.717) is 6.54 Å². The Morgan fingerprint density at radius 2 is 1.89 bits per heavy atom. The zero-order valence-electron chi connectivity index (χ0n) is 11.7. The molecular weight excluding hydrogens is 264 g/mol. The molecule has 2 N–H and O–H groups in total. The van der Waals surface area contributed by atoms with Gasteiger partial charge in [0.05, 0.1) is 0 Å². The molecule has 19 heavy (non-hydrogen) atoms. The van der Waals surface area contributed by atoms with Crippen LogP contribution in [0.25, 0.3) is 0 Å². The average molecular weight is 287 g/mol. The fourth-order valence-electron chi connectivity index (χ4n) is 1.78. The third kappa shape index (κ3) is 5.19. The van der Waals surface area contributed by atoms with Crippen LogP contribution in [0.1, 0.15) is 19.4 Å². The lowest BCUT2D eigenvalue weighted by Crippen LogP contribution is -2.46. The summed E-state index contributed by atoms with van der Waals surface area (Å²) in [4.78, 5) is 14.1. The first-order valence-electron chi connectivity index (χ1n) is 6.17. The highest BCUT2D eigenvalue weighted by Gasteiger charge is 2.24. The van der Waals surface area contributed by atoms with E-state index in [4.69, 9.17) is 10.5 Å². The Balaban J connectivity index is 0.00000324. The molecule has 0 aromatic heterocycles. The smallest absolute Gasteiger partial charge is 0.253 e. The SMILES string of the molecule is COC(CN)C(=O)N(Cc1ccccc1)C(C)C.Cl. The molecule has 0 aliphatic heterocycles. The molecule has 0 spiro atoms. The first-order chi connectivity index (χ1) is 8.60. The third-order valence-corrected chi connectivity index (χ3v) is 2.88. The number of nitrogens with zero attached hydrogens (tertiary/aromatic N) is 1. The van der Waals surface area contributed by atoms with Crippen molar-refractivity contribution < 1.29 is 9.53 Å². The Kier molecular flexibility index (Phi) is 8.39. The molecule has 0 fully saturated rings. The van der Waals surface area contributed by atoms with Gasteiger partial charge in [0.1, 0.15) is 6.10 Å². The van der Waals surface area contributed by atoms with Gasteiger partial charge >= 0.3 is 0 Å². The maximum atomic E-state index is 12.3. The summed E-state index contributed by atoms with van der Waals surface area (Å²) in [5.74, 6) is -0.0566. The highest BCUT2D eigenvalue weighted by molar-refractivity contribution is 5.85. The number of carbonyl (C=O) groups excluding carboxylic acids is 1. The Bertz CT molecular complexity index is 367. The molecule has 0 radical (unpaired) electrons. The summed E-state index contributed by atoms with van der Waals surface area (Å²) < 4.78 is 5.11. The Morgan fingerprint density at radius 1 is 1.32 bits per heavy atom. The molecule has 108 valence electrons. The first kappa shape index (κ1) is 17.9. The number of hydrogen-bond donors (Lipinski definition) is 1. The van der Waals surface area contributed by atoms with E-state index >= 15 is 0 Å². The van der Waals surface area contributed by atoms with Gasteiger partial charge in [-0.05, 0) is 19.4 Å². The number of nitrogens with two attached hydrogens (primary N) is 1. The fraction of sp³-hybridized carbons (Fsp3) is 0.500. The summed E-state index contributed by atoms with van der Waals surface area (Å²) in [6.07, 6.45) is -0.559. The van der Waals surface area contributed by atoms with Crippen molar-refractivity contribution in [2.24, 2.45) is 5.73 Å². The van der Waals surface area contributed by atoms with Crippen LogP contribution in [0, 0.1) is 0 Å². The number of rotatable bonds is 6. The van der Waals surface area contributed by atoms with Crippen LogP contribution < -0.4 is 5.73 Å². The molecule has 5 heteroatoms. The van der Waals surface area contributed by atoms with Gasteiger partial charge in [0.2, 0.25) is 0 Å². The van der Waals surface area contributed by atoms with Crippen LogP contribution in [0.2, 0.25) is 0 Å². The van der Waals surface area contributed by atoms with Crippen molar-refractivity contribution in [3.63, 3.8) is 0 Å². The lowest BCUT2D eigenvalue weighted by molar-refractivity contribution is -0.143. The normalized spacial score (nSPS) is 11.8. The van der Waals surface area contributed by atoms with Gasteiger partial charge in [-0.1, -0.05) is 30.3 Å². The molecule has 1 rings (SSSR count). The summed E-state index contributed by atoms with van der Waals surface area (Å²) >= 11 is 0. The standard InChI is InChI=1S/C14H22N2O2.ClH/c1-11(2)16(14(17)13(9-15)18-3)10-12-7-5-4-6-8-12;/h4-8,11,13H,9-10,15H2,1-3H3;1H. The number of ether oxygens (including phenoxy) is 1. The third-order valence-electron chi connectivity index (χ3n) is 2.88. The van der Waals surface area contributed by atoms with E-state index in [-0.39, 0.29) is 30.9 Å². The topological polar surface area (TPSA) is 55.6 Å². The first-order valence-corrected chi connectivity index (χ1v) is 6.17. The predicted octanol–water partition coefficient (Wildman–Crippen LogP) is 1.82. The van der Waals surface area contributed by atoms with E-state index in [1.54, 1.807) is 4.90 Å². The minimum Gasteiger partial charge on any atom is -0.370 e. The van der Waals surface area contributed by atoms with E-state index in [2.05, 4.69) is 0 Å². The van der Waals surface area contributed by atoms with E-state index in [1.807, 2.05) is 44.2 Å². The van der Waals surface area contributed by atoms with Gasteiger partial charge in [0.15, 0.2) is 0 Å². The minimum absolute atomic E-state index is 0. The predicted molar refractivity (Wildman–Crippen MR) is 79.2 cm³/mol. The molecule has 4 nitrogen and oxygen atoms in total. The molecule has 1 amide bonds. The van der Waals surface area contributed by atoms with Gasteiger partial charge in [0.25, 0.3) is 5.91 Å². The molecule has 1 atom stereocenters. The van der Waals surface area contributed by atoms with E-state index in [0.717, 1.165) is 5.56 Å². The van der Waals surface area contributed by atoms with Crippen molar-refractivity contribution >= 4 is 18.3 Å². The van der Waals surface area contributed by atoms with Gasteiger partial charge in [-0.2, -0.15) is 0 Å². The second-order valence-corrected chi connectivity index (χ2v) is 4.51. The van der Waals surface area contributed by atoms with Crippen molar-refractivity contribution in [2.75, 3.05) is 13.7 Å². The monoisotopic (exact) mass is 286 g/mol. The quantitative estimate of drug-likeness (QED) is 0.868. The van der Waals surface area contributed by atoms with Crippen LogP contribution in [0.4, 0.5) is 0 Å². The summed E-state index contributed by atoms with van der Waals surface area (Å²) in [7, 11) is 1.51. The number of benzene rings is 1. The van der Waals surface area contributed by atoms with Crippen LogP contribution in [-0.4, -0.2) is 36.6 Å². The lowest BCUT2D eigenvalue weighted by Gasteiger charge is -2.29. The van der Waals surface area contributed by atoms with Crippen LogP contribution in [0.5, 0.6) is 0 Å². The largest absolute Gasteiger partial charge is 0.370 e. The summed E-state index contributed by atoms with van der Waals surface area (Å²) in [6.45, 7) is 4.76. The number of hydrogen-bond acceptors (Lipinski definition) is 3. The van der Waals surface area contributed by atoms with Crippen LogP contribution in [-0.2, 0) is 16.1 Å². The van der Waals surface area contributed by atoms with Crippen molar-refractivity contribution in [3.05, 3.63) is 35.9 Å². The lowest BCUT2D eigenvalue weighted by atomic mass is 10.1. The summed E-state index contributed by atoms with van der Waals surface area (Å²) in [6, 6.07) is 10.0. The Morgan fingerprint density at radius 3 is 2.32 bits per heavy atom. The highest BCUT2D eigenvalue weighted by Crippen LogP contribution is 2.10. The highest BCUT2D eigenvalue weighted by atomic mass is 35.5. The maximum Gasteiger partial charge on any atom is 0.253 e. The molecular formula is C14H23ClN2O2. The van der Waals surface area contributed by atoms with Crippen molar-refractivity contribution in [2.45, 2.75) is 32.5 Å². The second-order valence-electron chi connectivity index (χ2n) is 4.51. The Hall–Kier alpha value is -1.10. The number of amides is 1. The number of halogens is 1. The van der Waals surface area contributed by atoms with Gasteiger partial charge < -0.3 is 15.4 Å². The van der Waals surface area contributed by atoms with E-state index < -0.39 is 6.10 Å². The summed E-state index contributed by atoms with van der Waals surface area (Å²) in [5, 5.41) is 0. The summed E-state index contributed by atoms with van der Waals surface area (Å²) in [5.41, 5.74) is 6.65. The van der Waals surface area contributed by atoms with Gasteiger partial charge in [0, 0.05) is 26.2 Å². The molecule has 0 saturated carbocycles. The molecule has 0 aliphatic rings. The molecule has 1 unspecified atom stereocenters. The molecule has 0 heterocycles. The molecule has 0 bridgehead atoms. The van der Waals surface area contributed by atoms with Gasteiger partial charge in [-0.25, -0.2) is 0 Å². The fourth-order valence-corrected chi connectivity index (χ4v) is 1.78. The van der Waals surface area contributed by atoms with Gasteiger partial charge in [-0.15, -0.1) is 12.4 Å². The number of carbonyl (C=O) groups is 1. The van der Waals surface area contributed by atoms with Crippen LogP contribution >= 0.6 is 12.4 Å². The zero-order valence-corrected chi connectivity index (χ0v) is 12.5. The van der Waals surface area contributed by atoms with Gasteiger partial charge in [-0.3, -0.25) is 4.79 Å². The van der Waals surface area contributed by atoms with Crippen LogP contribution in [0.15, 0.2) is 30.3 Å². The second kappa shape index (κ2) is 8.91. The average Bonchev–Trinajstić information content (AvgIpc) is 2.38. The molecule has 0 aliphatic carbocycles. The van der Waals surface area contributed by atoms with E-state index in [9.17, 15) is 4.79 Å². The van der Waals surface area contributed by atoms with Crippen molar-refractivity contribution in [1.82, 2.24) is 4.90 Å². The maximum absolute atomic E-state index is 12.3. The van der Waals surface area contributed by atoms with Crippen LogP contribution in [0.3, 0.4) is 0 Å². The molecule has 1 aromatic carbocycles. The van der Waals surface area contributed by atoms with E-state index in [1.165, 1.54) is 7.11 Å². The molecule has 0 saturated heterocycles.